The highest BCUT2D eigenvalue weighted by Gasteiger charge is 2.31. The molecule has 2 nitrogen and oxygen atoms in total. The van der Waals surface area contributed by atoms with E-state index in [2.05, 4.69) is 26.1 Å². The Kier molecular flexibility index (Phi) is 9.59. The van der Waals surface area contributed by atoms with Crippen molar-refractivity contribution in [1.29, 1.82) is 0 Å². The van der Waals surface area contributed by atoms with E-state index < -0.39 is 5.60 Å². The van der Waals surface area contributed by atoms with Crippen LogP contribution < -0.4 is 5.32 Å². The molecule has 0 aromatic heterocycles. The maximum Gasteiger partial charge on any atom is 0.0771 e. The molecule has 1 saturated carbocycles. The molecule has 0 saturated heterocycles. The normalized spacial score (nSPS) is 26.4. The van der Waals surface area contributed by atoms with Crippen LogP contribution in [0.2, 0.25) is 0 Å². The fourth-order valence-electron chi connectivity index (χ4n) is 3.44. The van der Waals surface area contributed by atoms with Crippen molar-refractivity contribution in [3.05, 3.63) is 0 Å². The number of unbranched alkanes of at least 4 members (excludes halogenated alkanes) is 4. The minimum atomic E-state index is -0.430. The summed E-state index contributed by atoms with van der Waals surface area (Å²) in [6.45, 7) is 7.66. The summed E-state index contributed by atoms with van der Waals surface area (Å²) in [4.78, 5) is 0. The lowest BCUT2D eigenvalue weighted by Gasteiger charge is -2.36. The molecular formula is C19H39NO. The van der Waals surface area contributed by atoms with E-state index in [0.717, 1.165) is 25.3 Å². The van der Waals surface area contributed by atoms with Crippen molar-refractivity contribution in [2.45, 2.75) is 109 Å². The van der Waals surface area contributed by atoms with E-state index in [1.165, 1.54) is 64.2 Å². The van der Waals surface area contributed by atoms with E-state index in [0.29, 0.717) is 6.04 Å². The average Bonchev–Trinajstić information content (AvgIpc) is 2.48. The summed E-state index contributed by atoms with van der Waals surface area (Å²) in [6.07, 6.45) is 14.8. The highest BCUT2D eigenvalue weighted by Crippen LogP contribution is 2.31. The van der Waals surface area contributed by atoms with Gasteiger partial charge in [0.25, 0.3) is 0 Å². The second-order valence-corrected chi connectivity index (χ2v) is 7.48. The van der Waals surface area contributed by atoms with Gasteiger partial charge in [-0.25, -0.2) is 0 Å². The lowest BCUT2D eigenvalue weighted by Crippen LogP contribution is -2.46. The van der Waals surface area contributed by atoms with Crippen molar-refractivity contribution in [3.8, 4) is 0 Å². The van der Waals surface area contributed by atoms with Crippen LogP contribution in [-0.4, -0.2) is 23.3 Å². The van der Waals surface area contributed by atoms with Crippen molar-refractivity contribution >= 4 is 0 Å². The highest BCUT2D eigenvalue weighted by atomic mass is 16.3. The third kappa shape index (κ3) is 8.21. The predicted octanol–water partition coefficient (Wildman–Crippen LogP) is 5.05. The van der Waals surface area contributed by atoms with E-state index >= 15 is 0 Å². The van der Waals surface area contributed by atoms with Gasteiger partial charge in [0.05, 0.1) is 5.60 Å². The summed E-state index contributed by atoms with van der Waals surface area (Å²) in [5.74, 6) is 0.801. The maximum absolute atomic E-state index is 10.7. The smallest absolute Gasteiger partial charge is 0.0771 e. The van der Waals surface area contributed by atoms with E-state index in [-0.39, 0.29) is 0 Å². The first-order valence-corrected chi connectivity index (χ1v) is 9.55. The standard InChI is InChI=1S/C19H39NO/c1-4-6-8-10-18(11-9-7-5-2)20-16-19(21)14-12-17(3)13-15-19/h17-18,20-21H,4-16H2,1-3H3. The van der Waals surface area contributed by atoms with E-state index in [4.69, 9.17) is 0 Å². The Morgan fingerprint density at radius 2 is 1.52 bits per heavy atom. The van der Waals surface area contributed by atoms with Crippen LogP contribution in [0.5, 0.6) is 0 Å². The fraction of sp³-hybridized carbons (Fsp3) is 1.00. The predicted molar refractivity (Wildman–Crippen MR) is 92.7 cm³/mol. The molecule has 2 N–H and O–H groups in total. The molecule has 21 heavy (non-hydrogen) atoms. The van der Waals surface area contributed by atoms with E-state index in [1.54, 1.807) is 0 Å². The summed E-state index contributed by atoms with van der Waals surface area (Å²) < 4.78 is 0. The first-order valence-electron chi connectivity index (χ1n) is 9.55. The SMILES string of the molecule is CCCCCC(CCCCC)NCC1(O)CCC(C)CC1. The Morgan fingerprint density at radius 3 is 2.00 bits per heavy atom. The summed E-state index contributed by atoms with van der Waals surface area (Å²) in [5.41, 5.74) is -0.430. The van der Waals surface area contributed by atoms with Crippen LogP contribution in [0.1, 0.15) is 97.8 Å². The highest BCUT2D eigenvalue weighted by molar-refractivity contribution is 4.87. The van der Waals surface area contributed by atoms with Crippen LogP contribution in [0.4, 0.5) is 0 Å². The molecule has 0 atom stereocenters. The molecule has 0 heterocycles. The minimum Gasteiger partial charge on any atom is -0.389 e. The third-order valence-electron chi connectivity index (χ3n) is 5.24. The molecule has 1 fully saturated rings. The Balaban J connectivity index is 2.32. The largest absolute Gasteiger partial charge is 0.389 e. The molecule has 1 aliphatic rings. The zero-order valence-corrected chi connectivity index (χ0v) is 14.8. The lowest BCUT2D eigenvalue weighted by atomic mass is 9.79. The van der Waals surface area contributed by atoms with Gasteiger partial charge in [0, 0.05) is 12.6 Å². The van der Waals surface area contributed by atoms with Gasteiger partial charge in [-0.3, -0.25) is 0 Å². The Hall–Kier alpha value is -0.0800. The summed E-state index contributed by atoms with van der Waals surface area (Å²) in [6, 6.07) is 0.617. The summed E-state index contributed by atoms with van der Waals surface area (Å²) in [7, 11) is 0. The number of aliphatic hydroxyl groups is 1. The minimum absolute atomic E-state index is 0.430. The summed E-state index contributed by atoms with van der Waals surface area (Å²) in [5, 5.41) is 14.4. The van der Waals surface area contributed by atoms with Gasteiger partial charge < -0.3 is 10.4 Å². The van der Waals surface area contributed by atoms with Crippen molar-refractivity contribution in [2.75, 3.05) is 6.54 Å². The molecule has 0 aromatic rings. The van der Waals surface area contributed by atoms with Gasteiger partial charge in [0.2, 0.25) is 0 Å². The maximum atomic E-state index is 10.7. The van der Waals surface area contributed by atoms with Gasteiger partial charge in [-0.05, 0) is 44.4 Å². The van der Waals surface area contributed by atoms with Crippen molar-refractivity contribution < 1.29 is 5.11 Å². The monoisotopic (exact) mass is 297 g/mol. The van der Waals surface area contributed by atoms with Crippen molar-refractivity contribution in [3.63, 3.8) is 0 Å². The van der Waals surface area contributed by atoms with Crippen LogP contribution in [0, 0.1) is 5.92 Å². The Morgan fingerprint density at radius 1 is 1.00 bits per heavy atom. The second-order valence-electron chi connectivity index (χ2n) is 7.48. The zero-order valence-electron chi connectivity index (χ0n) is 14.8. The molecule has 1 aliphatic carbocycles. The van der Waals surface area contributed by atoms with Gasteiger partial charge in [-0.2, -0.15) is 0 Å². The van der Waals surface area contributed by atoms with Crippen molar-refractivity contribution in [1.82, 2.24) is 5.32 Å². The van der Waals surface area contributed by atoms with Gasteiger partial charge in [-0.15, -0.1) is 0 Å². The molecule has 0 unspecified atom stereocenters. The number of hydrogen-bond donors (Lipinski definition) is 2. The van der Waals surface area contributed by atoms with E-state index in [9.17, 15) is 5.11 Å². The molecule has 0 aromatic carbocycles. The second kappa shape index (κ2) is 10.6. The molecule has 0 amide bonds. The van der Waals surface area contributed by atoms with E-state index in [1.807, 2.05) is 0 Å². The zero-order chi connectivity index (χ0) is 15.6. The van der Waals surface area contributed by atoms with Crippen LogP contribution in [0.25, 0.3) is 0 Å². The molecule has 0 aliphatic heterocycles. The quantitative estimate of drug-likeness (QED) is 0.523. The van der Waals surface area contributed by atoms with Crippen LogP contribution in [0.3, 0.4) is 0 Å². The molecule has 0 bridgehead atoms. The average molecular weight is 298 g/mol. The lowest BCUT2D eigenvalue weighted by molar-refractivity contribution is -0.00864. The first-order chi connectivity index (χ1) is 10.1. The topological polar surface area (TPSA) is 32.3 Å². The van der Waals surface area contributed by atoms with Gasteiger partial charge in [-0.1, -0.05) is 59.3 Å². The molecule has 2 heteroatoms. The molecule has 0 spiro atoms. The van der Waals surface area contributed by atoms with Gasteiger partial charge in [0.15, 0.2) is 0 Å². The van der Waals surface area contributed by atoms with Gasteiger partial charge in [0.1, 0.15) is 0 Å². The van der Waals surface area contributed by atoms with Crippen LogP contribution in [-0.2, 0) is 0 Å². The molecule has 0 radical (unpaired) electrons. The molecular weight excluding hydrogens is 258 g/mol. The Labute approximate surface area is 133 Å². The fourth-order valence-corrected chi connectivity index (χ4v) is 3.44. The van der Waals surface area contributed by atoms with Crippen LogP contribution in [0.15, 0.2) is 0 Å². The third-order valence-corrected chi connectivity index (χ3v) is 5.24. The van der Waals surface area contributed by atoms with Crippen LogP contribution >= 0.6 is 0 Å². The number of hydrogen-bond acceptors (Lipinski definition) is 2. The first kappa shape index (κ1) is 19.0. The molecule has 126 valence electrons. The summed E-state index contributed by atoms with van der Waals surface area (Å²) >= 11 is 0. The Bertz CT molecular complexity index is 236. The van der Waals surface area contributed by atoms with Crippen molar-refractivity contribution in [2.24, 2.45) is 5.92 Å². The number of rotatable bonds is 11. The molecule has 1 rings (SSSR count). The van der Waals surface area contributed by atoms with Gasteiger partial charge >= 0.3 is 0 Å². The number of nitrogens with one attached hydrogen (secondary N) is 1.